The molecule has 86 valence electrons. The molecule has 0 amide bonds. The van der Waals surface area contributed by atoms with E-state index in [1.807, 2.05) is 0 Å². The second-order valence-corrected chi connectivity index (χ2v) is 36.7. The van der Waals surface area contributed by atoms with Crippen LogP contribution in [0.25, 0.3) is 0 Å². The zero-order chi connectivity index (χ0) is 10.1. The van der Waals surface area contributed by atoms with Gasteiger partial charge in [-0.15, -0.1) is 0 Å². The van der Waals surface area contributed by atoms with Gasteiger partial charge < -0.3 is 10.2 Å². The van der Waals surface area contributed by atoms with Crippen molar-refractivity contribution in [3.8, 4) is 0 Å². The van der Waals surface area contributed by atoms with Gasteiger partial charge in [0.2, 0.25) is 0 Å². The second-order valence-electron chi connectivity index (χ2n) is 1.35. The molecule has 0 saturated carbocycles. The summed E-state index contributed by atoms with van der Waals surface area (Å²) < 4.78 is 0. The summed E-state index contributed by atoms with van der Waals surface area (Å²) in [5.74, 6) is -1.35. The van der Waals surface area contributed by atoms with Crippen LogP contribution in [-0.4, -0.2) is 16.2 Å². The molecular weight excluding hydrogens is 564 g/mol. The average Bonchev–Trinajstić information content (AvgIpc) is 1.82. The number of hydrogen-bond donors (Lipinski definition) is 2. The molecule has 0 atom stereocenters. The van der Waals surface area contributed by atoms with Gasteiger partial charge in [0.25, 0.3) is 0 Å². The fraction of sp³-hybridized carbons (Fsp3) is 0.286. The van der Waals surface area contributed by atoms with Crippen LogP contribution in [0.15, 0.2) is 24.5 Å². The number of allylic oxidation sites excluding steroid dienone is 1. The van der Waals surface area contributed by atoms with E-state index in [9.17, 15) is 4.79 Å². The molecule has 0 aliphatic heterocycles. The third kappa shape index (κ3) is 49.8. The zero-order valence-corrected chi connectivity index (χ0v) is 13.6. The predicted octanol–water partition coefficient (Wildman–Crippen LogP) is 4.63. The van der Waals surface area contributed by atoms with Crippen LogP contribution in [-0.2, 0) is 9.72 Å². The molecule has 0 rings (SSSR count). The van der Waals surface area contributed by atoms with Crippen molar-refractivity contribution in [2.45, 2.75) is 14.9 Å². The summed E-state index contributed by atoms with van der Waals surface area (Å²) in [5.41, 5.74) is 0. The fourth-order valence-electron chi connectivity index (χ4n) is 0.167. The fourth-order valence-corrected chi connectivity index (χ4v) is 0.167. The molecule has 0 aromatic rings. The van der Waals surface area contributed by atoms with Gasteiger partial charge in [0.15, 0.2) is 0 Å². The Bertz CT molecular complexity index is 164. The van der Waals surface area contributed by atoms with Crippen LogP contribution in [0.5, 0.6) is 0 Å². The van der Waals surface area contributed by atoms with Gasteiger partial charge in [-0.3, -0.25) is 0 Å². The average molecular weight is 578 g/mol. The standard InChI is InChI=1S/C5H6O3.2CH4.3HI.V/c1-4(6)2-3-5(7)8;;;;;;/h2-3,6H,1H2,(H,7,8);2*1H4;3*1H;/q;;;;;;+3/p-3/b3-2+;;;;;;. The van der Waals surface area contributed by atoms with E-state index in [-0.39, 0.29) is 25.5 Å². The van der Waals surface area contributed by atoms with E-state index in [1.165, 1.54) is 0 Å². The molecule has 0 aromatic carbocycles. The summed E-state index contributed by atoms with van der Waals surface area (Å²) >= 11 is 7.39. The molecule has 14 heavy (non-hydrogen) atoms. The molecule has 0 spiro atoms. The Balaban J connectivity index is -0.0000000733. The second kappa shape index (κ2) is 16.9. The van der Waals surface area contributed by atoms with E-state index in [2.05, 4.69) is 66.5 Å². The van der Waals surface area contributed by atoms with Crippen LogP contribution < -0.4 is 0 Å². The number of hydrogen-bond acceptors (Lipinski definition) is 2. The predicted molar refractivity (Wildman–Crippen MR) is 84.1 cm³/mol. The molecule has 3 nitrogen and oxygen atoms in total. The number of carboxylic acids is 1. The third-order valence-corrected chi connectivity index (χ3v) is 0.418. The van der Waals surface area contributed by atoms with Crippen LogP contribution in [0.3, 0.4) is 0 Å². The number of halogens is 3. The minimum absolute atomic E-state index is 0. The van der Waals surface area contributed by atoms with Gasteiger partial charge in [0.05, 0.1) is 0 Å². The van der Waals surface area contributed by atoms with E-state index < -0.39 is 5.97 Å². The van der Waals surface area contributed by atoms with Crippen molar-refractivity contribution in [2.24, 2.45) is 0 Å². The molecule has 7 heteroatoms. The SMILES string of the molecule is C.C.C=C(O)/C=C/C(=O)O.[I][V]([I])[I]. The van der Waals surface area contributed by atoms with Crippen molar-refractivity contribution in [1.29, 1.82) is 0 Å². The van der Waals surface area contributed by atoms with Gasteiger partial charge in [0.1, 0.15) is 5.76 Å². The van der Waals surface area contributed by atoms with Crippen molar-refractivity contribution >= 4 is 65.9 Å². The first-order valence-electron chi connectivity index (χ1n) is 2.42. The molecule has 0 aromatic heterocycles. The van der Waals surface area contributed by atoms with Crippen molar-refractivity contribution in [3.63, 3.8) is 0 Å². The minimum atomic E-state index is -1.10. The van der Waals surface area contributed by atoms with Gasteiger partial charge in [-0.1, -0.05) is 21.4 Å². The molecule has 0 saturated heterocycles. The van der Waals surface area contributed by atoms with Gasteiger partial charge in [0, 0.05) is 6.08 Å². The van der Waals surface area contributed by atoms with Gasteiger partial charge in [-0.25, -0.2) is 4.79 Å². The first-order chi connectivity index (χ1) is 5.36. The third-order valence-electron chi connectivity index (χ3n) is 0.418. The van der Waals surface area contributed by atoms with Crippen molar-refractivity contribution < 1.29 is 19.9 Å². The van der Waals surface area contributed by atoms with Crippen LogP contribution >= 0.6 is 59.9 Å². The molecule has 0 fully saturated rings. The Kier molecular flexibility index (Phi) is 29.8. The number of rotatable bonds is 2. The molecule has 0 heterocycles. The summed E-state index contributed by atoms with van der Waals surface area (Å²) in [6.45, 7) is 3.03. The normalized spacial score (nSPS) is 8.00. The maximum atomic E-state index is 9.66. The zero-order valence-electron chi connectivity index (χ0n) is 5.75. The monoisotopic (exact) mass is 578 g/mol. The summed E-state index contributed by atoms with van der Waals surface area (Å²) in [7, 11) is 0. The Morgan fingerprint density at radius 1 is 1.14 bits per heavy atom. The van der Waals surface area contributed by atoms with E-state index in [1.54, 1.807) is 0 Å². The molecular formula is C7H14I3O3V. The first-order valence-corrected chi connectivity index (χ1v) is 15.9. The Hall–Kier alpha value is 1.52. The molecule has 2 N–H and O–H groups in total. The van der Waals surface area contributed by atoms with E-state index in [0.717, 1.165) is 12.2 Å². The van der Waals surface area contributed by atoms with Crippen LogP contribution in [0.4, 0.5) is 0 Å². The van der Waals surface area contributed by atoms with E-state index in [0.29, 0.717) is 0 Å². The summed E-state index contributed by atoms with van der Waals surface area (Å²) in [4.78, 5) is 9.39. The number of carbonyl (C=O) groups is 1. The number of aliphatic hydroxyl groups excluding tert-OH is 1. The number of carboxylic acid groups (broad SMARTS) is 1. The van der Waals surface area contributed by atoms with Crippen molar-refractivity contribution in [3.05, 3.63) is 24.5 Å². The molecule has 0 aliphatic rings. The van der Waals surface area contributed by atoms with Crippen LogP contribution in [0.2, 0.25) is 0 Å². The quantitative estimate of drug-likeness (QED) is 0.218. The van der Waals surface area contributed by atoms with E-state index >= 15 is 0 Å². The maximum absolute atomic E-state index is 9.66. The van der Waals surface area contributed by atoms with Crippen molar-refractivity contribution in [2.75, 3.05) is 0 Å². The van der Waals surface area contributed by atoms with E-state index in [4.69, 9.17) is 10.2 Å². The van der Waals surface area contributed by atoms with Crippen LogP contribution in [0.1, 0.15) is 14.9 Å². The first kappa shape index (κ1) is 24.7. The summed E-state index contributed by atoms with van der Waals surface area (Å²) in [6.07, 6.45) is 1.81. The molecule has 0 radical (unpaired) electrons. The number of aliphatic carboxylic acids is 1. The van der Waals surface area contributed by atoms with Gasteiger partial charge in [-0.2, -0.15) is 0 Å². The Morgan fingerprint density at radius 2 is 1.43 bits per heavy atom. The van der Waals surface area contributed by atoms with Crippen LogP contribution in [0, 0.1) is 0 Å². The van der Waals surface area contributed by atoms with Gasteiger partial charge in [-0.05, 0) is 6.08 Å². The number of aliphatic hydroxyl groups is 1. The topological polar surface area (TPSA) is 57.5 Å². The summed E-state index contributed by atoms with van der Waals surface area (Å²) in [5, 5.41) is 16.2. The van der Waals surface area contributed by atoms with Gasteiger partial charge >= 0.3 is 70.8 Å². The van der Waals surface area contributed by atoms with Crippen molar-refractivity contribution in [1.82, 2.24) is 0 Å². The molecule has 0 bridgehead atoms. The molecule has 0 unspecified atom stereocenters. The summed E-state index contributed by atoms with van der Waals surface area (Å²) in [6, 6.07) is 0. The molecule has 0 aliphatic carbocycles. The Morgan fingerprint density at radius 3 is 1.50 bits per heavy atom. The Labute approximate surface area is 123 Å².